The van der Waals surface area contributed by atoms with Gasteiger partial charge >= 0.3 is 0 Å². The Morgan fingerprint density at radius 2 is 1.24 bits per heavy atom. The molecule has 178 valence electrons. The molecule has 3 nitrogen and oxygen atoms in total. The van der Waals surface area contributed by atoms with Gasteiger partial charge in [-0.3, -0.25) is 4.57 Å². The van der Waals surface area contributed by atoms with Gasteiger partial charge in [0.05, 0.1) is 22.2 Å². The van der Waals surface area contributed by atoms with Gasteiger partial charge in [0.25, 0.3) is 0 Å². The van der Waals surface area contributed by atoms with Crippen LogP contribution in [0.3, 0.4) is 0 Å². The summed E-state index contributed by atoms with van der Waals surface area (Å²) in [6.07, 6.45) is 2.17. The summed E-state index contributed by atoms with van der Waals surface area (Å²) in [6.45, 7) is 0. The van der Waals surface area contributed by atoms with E-state index < -0.39 is 0 Å². The fraction of sp³-hybridized carbons (Fsp3) is 0. The average Bonchev–Trinajstić information content (AvgIpc) is 3.56. The molecule has 8 aromatic rings. The van der Waals surface area contributed by atoms with Crippen LogP contribution in [0, 0.1) is 0 Å². The van der Waals surface area contributed by atoms with E-state index in [4.69, 9.17) is 4.98 Å². The number of nitrogens with zero attached hydrogens (tertiary/aromatic N) is 3. The molecule has 0 unspecified atom stereocenters. The van der Waals surface area contributed by atoms with E-state index in [0.717, 1.165) is 28.1 Å². The number of fused-ring (bicyclic) bond motifs is 6. The van der Waals surface area contributed by atoms with Crippen molar-refractivity contribution >= 4 is 43.5 Å². The van der Waals surface area contributed by atoms with Crippen molar-refractivity contribution in [3.8, 4) is 22.8 Å². The maximum atomic E-state index is 5.13. The fourth-order valence-electron chi connectivity index (χ4n) is 5.79. The van der Waals surface area contributed by atoms with Gasteiger partial charge in [-0.05, 0) is 65.4 Å². The van der Waals surface area contributed by atoms with Crippen LogP contribution in [-0.2, 0) is 0 Å². The highest BCUT2D eigenvalue weighted by atomic mass is 15.1. The van der Waals surface area contributed by atoms with E-state index in [1.807, 2.05) is 6.07 Å². The Bertz CT molecular complexity index is 2120. The van der Waals surface area contributed by atoms with Gasteiger partial charge in [0.2, 0.25) is 0 Å². The van der Waals surface area contributed by atoms with Gasteiger partial charge in [0.15, 0.2) is 0 Å². The maximum Gasteiger partial charge on any atom is 0.138 e. The molecule has 38 heavy (non-hydrogen) atoms. The molecule has 0 radical (unpaired) electrons. The molecule has 0 bridgehead atoms. The SMILES string of the molecule is c1ccc(-c2cccc(-n3c4ccccc4c4cc5ccc6c(ccn6-c6ccccc6)c5cc43)n2)cc1. The summed E-state index contributed by atoms with van der Waals surface area (Å²) in [5.41, 5.74) is 6.78. The normalized spacial score (nSPS) is 11.7. The van der Waals surface area contributed by atoms with Crippen LogP contribution in [0.4, 0.5) is 0 Å². The first-order valence-corrected chi connectivity index (χ1v) is 12.9. The smallest absolute Gasteiger partial charge is 0.138 e. The van der Waals surface area contributed by atoms with Gasteiger partial charge in [-0.2, -0.15) is 0 Å². The lowest BCUT2D eigenvalue weighted by molar-refractivity contribution is 1.08. The van der Waals surface area contributed by atoms with Gasteiger partial charge in [-0.15, -0.1) is 0 Å². The number of hydrogen-bond acceptors (Lipinski definition) is 1. The first-order valence-electron chi connectivity index (χ1n) is 12.9. The number of pyridine rings is 1. The molecule has 0 aliphatic rings. The monoisotopic (exact) mass is 485 g/mol. The number of hydrogen-bond donors (Lipinski definition) is 0. The predicted octanol–water partition coefficient (Wildman–Crippen LogP) is 8.94. The molecule has 0 N–H and O–H groups in total. The summed E-state index contributed by atoms with van der Waals surface area (Å²) in [5.74, 6) is 0.922. The molecule has 0 fully saturated rings. The molecular formula is C35H23N3. The van der Waals surface area contributed by atoms with Crippen LogP contribution in [0.1, 0.15) is 0 Å². The quantitative estimate of drug-likeness (QED) is 0.245. The number of para-hydroxylation sites is 2. The second kappa shape index (κ2) is 8.19. The second-order valence-electron chi connectivity index (χ2n) is 9.71. The molecule has 0 aliphatic heterocycles. The Morgan fingerprint density at radius 3 is 2.11 bits per heavy atom. The van der Waals surface area contributed by atoms with Gasteiger partial charge in [-0.1, -0.05) is 78.9 Å². The molecule has 0 amide bonds. The van der Waals surface area contributed by atoms with E-state index in [-0.39, 0.29) is 0 Å². The molecule has 3 aromatic heterocycles. The van der Waals surface area contributed by atoms with Crippen LogP contribution in [0.2, 0.25) is 0 Å². The first-order chi connectivity index (χ1) is 18.8. The number of rotatable bonds is 3. The Hall–Kier alpha value is -5.15. The van der Waals surface area contributed by atoms with Crippen molar-refractivity contribution < 1.29 is 0 Å². The molecule has 3 heterocycles. The van der Waals surface area contributed by atoms with Crippen molar-refractivity contribution in [3.63, 3.8) is 0 Å². The molecular weight excluding hydrogens is 462 g/mol. The molecule has 0 saturated heterocycles. The van der Waals surface area contributed by atoms with Crippen molar-refractivity contribution in [2.75, 3.05) is 0 Å². The standard InChI is InChI=1S/C35H23N3/c1-3-10-24(11-4-1)31-15-9-17-35(36-31)38-33-16-8-7-14-27(33)30-22-25-18-19-32-28(29(25)23-34(30)38)20-21-37(32)26-12-5-2-6-13-26/h1-23H. The van der Waals surface area contributed by atoms with Crippen LogP contribution in [0.15, 0.2) is 140 Å². The zero-order chi connectivity index (χ0) is 25.1. The molecule has 8 rings (SSSR count). The third-order valence-corrected chi connectivity index (χ3v) is 7.55. The fourth-order valence-corrected chi connectivity index (χ4v) is 5.79. The summed E-state index contributed by atoms with van der Waals surface area (Å²) >= 11 is 0. The summed E-state index contributed by atoms with van der Waals surface area (Å²) in [7, 11) is 0. The highest BCUT2D eigenvalue weighted by Gasteiger charge is 2.16. The summed E-state index contributed by atoms with van der Waals surface area (Å²) in [6, 6.07) is 47.2. The number of aromatic nitrogens is 3. The Labute approximate surface area is 219 Å². The van der Waals surface area contributed by atoms with Crippen LogP contribution < -0.4 is 0 Å². The van der Waals surface area contributed by atoms with E-state index in [2.05, 4.69) is 143 Å². The zero-order valence-corrected chi connectivity index (χ0v) is 20.6. The van der Waals surface area contributed by atoms with E-state index in [0.29, 0.717) is 0 Å². The third-order valence-electron chi connectivity index (χ3n) is 7.55. The molecule has 5 aromatic carbocycles. The highest BCUT2D eigenvalue weighted by molar-refractivity contribution is 6.18. The van der Waals surface area contributed by atoms with Crippen molar-refractivity contribution in [3.05, 3.63) is 140 Å². The Kier molecular flexibility index (Phi) is 4.52. The molecule has 0 saturated carbocycles. The van der Waals surface area contributed by atoms with E-state index >= 15 is 0 Å². The zero-order valence-electron chi connectivity index (χ0n) is 20.6. The molecule has 0 spiro atoms. The largest absolute Gasteiger partial charge is 0.317 e. The maximum absolute atomic E-state index is 5.13. The van der Waals surface area contributed by atoms with Crippen molar-refractivity contribution in [2.24, 2.45) is 0 Å². The van der Waals surface area contributed by atoms with E-state index in [9.17, 15) is 0 Å². The minimum Gasteiger partial charge on any atom is -0.317 e. The van der Waals surface area contributed by atoms with Gasteiger partial charge in [0.1, 0.15) is 5.82 Å². The molecule has 0 aliphatic carbocycles. The summed E-state index contributed by atoms with van der Waals surface area (Å²) < 4.78 is 4.57. The van der Waals surface area contributed by atoms with Crippen LogP contribution in [0.25, 0.3) is 66.2 Å². The molecule has 3 heteroatoms. The van der Waals surface area contributed by atoms with Gasteiger partial charge < -0.3 is 4.57 Å². The van der Waals surface area contributed by atoms with Crippen LogP contribution in [-0.4, -0.2) is 14.1 Å². The second-order valence-corrected chi connectivity index (χ2v) is 9.71. The Morgan fingerprint density at radius 1 is 0.474 bits per heavy atom. The first kappa shape index (κ1) is 21.0. The third kappa shape index (κ3) is 3.12. The lowest BCUT2D eigenvalue weighted by Gasteiger charge is -2.10. The summed E-state index contributed by atoms with van der Waals surface area (Å²) in [4.78, 5) is 5.13. The Balaban J connectivity index is 1.43. The van der Waals surface area contributed by atoms with Crippen molar-refractivity contribution in [2.45, 2.75) is 0 Å². The number of benzene rings is 5. The minimum atomic E-state index is 0.922. The lowest BCUT2D eigenvalue weighted by atomic mass is 10.0. The van der Waals surface area contributed by atoms with E-state index in [1.165, 1.54) is 38.1 Å². The van der Waals surface area contributed by atoms with Crippen LogP contribution in [0.5, 0.6) is 0 Å². The van der Waals surface area contributed by atoms with Gasteiger partial charge in [-0.25, -0.2) is 4.98 Å². The van der Waals surface area contributed by atoms with Crippen LogP contribution >= 0.6 is 0 Å². The van der Waals surface area contributed by atoms with Gasteiger partial charge in [0, 0.05) is 33.6 Å². The highest BCUT2D eigenvalue weighted by Crippen LogP contribution is 2.37. The minimum absolute atomic E-state index is 0.922. The topological polar surface area (TPSA) is 22.8 Å². The lowest BCUT2D eigenvalue weighted by Crippen LogP contribution is -1.98. The summed E-state index contributed by atoms with van der Waals surface area (Å²) in [5, 5.41) is 6.20. The van der Waals surface area contributed by atoms with E-state index in [1.54, 1.807) is 0 Å². The van der Waals surface area contributed by atoms with Crippen molar-refractivity contribution in [1.82, 2.24) is 14.1 Å². The van der Waals surface area contributed by atoms with Crippen molar-refractivity contribution in [1.29, 1.82) is 0 Å². The average molecular weight is 486 g/mol. The predicted molar refractivity (Wildman–Crippen MR) is 158 cm³/mol. The molecule has 0 atom stereocenters.